The summed E-state index contributed by atoms with van der Waals surface area (Å²) in [5.41, 5.74) is 0.762. The zero-order valence-corrected chi connectivity index (χ0v) is 16.5. The summed E-state index contributed by atoms with van der Waals surface area (Å²) in [6, 6.07) is 18.4. The molecule has 0 spiro atoms. The third-order valence-electron chi connectivity index (χ3n) is 4.07. The van der Waals surface area contributed by atoms with Crippen molar-refractivity contribution < 1.29 is 19.1 Å². The van der Waals surface area contributed by atoms with Crippen molar-refractivity contribution in [1.82, 2.24) is 5.01 Å². The van der Waals surface area contributed by atoms with E-state index in [1.807, 2.05) is 48.5 Å². The van der Waals surface area contributed by atoms with E-state index in [-0.39, 0.29) is 12.6 Å². The first-order valence-corrected chi connectivity index (χ1v) is 9.43. The number of rotatable bonds is 4. The van der Waals surface area contributed by atoms with Crippen LogP contribution >= 0.6 is 0 Å². The number of hydrogen-bond acceptors (Lipinski definition) is 4. The number of nitrogens with zero attached hydrogens (tertiary/aromatic N) is 2. The fraction of sp³-hybridized carbons (Fsp3) is 0.364. The highest BCUT2D eigenvalue weighted by molar-refractivity contribution is 5.90. The van der Waals surface area contributed by atoms with E-state index in [9.17, 15) is 9.59 Å². The molecule has 0 bridgehead atoms. The number of ether oxygens (including phenoxy) is 2. The Bertz CT molecular complexity index is 798. The SMILES string of the molecule is CC(C)(C)OC(=O)N(C1CC1)N(C(=O)OCc1ccccc1)c1ccccc1. The van der Waals surface area contributed by atoms with E-state index >= 15 is 0 Å². The quantitative estimate of drug-likeness (QED) is 0.687. The molecule has 1 aliphatic rings. The largest absolute Gasteiger partial charge is 0.443 e. The topological polar surface area (TPSA) is 59.1 Å². The van der Waals surface area contributed by atoms with Gasteiger partial charge in [0.1, 0.15) is 12.2 Å². The highest BCUT2D eigenvalue weighted by Crippen LogP contribution is 2.33. The number of para-hydroxylation sites is 1. The maximum absolute atomic E-state index is 13.0. The maximum Gasteiger partial charge on any atom is 0.434 e. The predicted octanol–water partition coefficient (Wildman–Crippen LogP) is 5.14. The van der Waals surface area contributed by atoms with Gasteiger partial charge in [0.15, 0.2) is 0 Å². The number of anilines is 1. The zero-order valence-electron chi connectivity index (χ0n) is 16.5. The molecule has 148 valence electrons. The second-order valence-corrected chi connectivity index (χ2v) is 7.74. The Kier molecular flexibility index (Phi) is 5.87. The lowest BCUT2D eigenvalue weighted by molar-refractivity contribution is 0.0191. The Morgan fingerprint density at radius 2 is 1.50 bits per heavy atom. The first-order valence-electron chi connectivity index (χ1n) is 9.43. The molecule has 6 heteroatoms. The average molecular weight is 382 g/mol. The molecule has 0 N–H and O–H groups in total. The average Bonchev–Trinajstić information content (AvgIpc) is 3.49. The summed E-state index contributed by atoms with van der Waals surface area (Å²) in [7, 11) is 0. The Balaban J connectivity index is 1.85. The van der Waals surface area contributed by atoms with Crippen molar-refractivity contribution in [2.75, 3.05) is 5.01 Å². The van der Waals surface area contributed by atoms with E-state index in [0.717, 1.165) is 18.4 Å². The number of carbonyl (C=O) groups is 2. The summed E-state index contributed by atoms with van der Waals surface area (Å²) in [6.45, 7) is 5.53. The molecule has 1 fully saturated rings. The minimum atomic E-state index is -0.666. The second kappa shape index (κ2) is 8.33. The molecule has 1 aliphatic carbocycles. The number of amides is 2. The highest BCUT2D eigenvalue weighted by atomic mass is 16.6. The normalized spacial score (nSPS) is 13.5. The molecule has 0 unspecified atom stereocenters. The van der Waals surface area contributed by atoms with Crippen LogP contribution in [0.15, 0.2) is 60.7 Å². The van der Waals surface area contributed by atoms with Gasteiger partial charge in [0.05, 0.1) is 11.7 Å². The van der Waals surface area contributed by atoms with Gasteiger partial charge in [-0.2, -0.15) is 5.01 Å². The van der Waals surface area contributed by atoms with Crippen molar-refractivity contribution >= 4 is 17.9 Å². The van der Waals surface area contributed by atoms with Crippen LogP contribution in [-0.2, 0) is 16.1 Å². The number of benzene rings is 2. The molecule has 0 aromatic heterocycles. The third kappa shape index (κ3) is 5.25. The van der Waals surface area contributed by atoms with Crippen molar-refractivity contribution in [1.29, 1.82) is 0 Å². The molecular formula is C22H26N2O4. The first-order chi connectivity index (χ1) is 13.3. The van der Waals surface area contributed by atoms with Gasteiger partial charge in [0.25, 0.3) is 0 Å². The van der Waals surface area contributed by atoms with Crippen molar-refractivity contribution in [2.24, 2.45) is 0 Å². The first kappa shape index (κ1) is 19.7. The summed E-state index contributed by atoms with van der Waals surface area (Å²) in [4.78, 5) is 25.9. The molecule has 2 amide bonds. The number of hydrogen-bond donors (Lipinski definition) is 0. The van der Waals surface area contributed by atoms with Crippen LogP contribution in [-0.4, -0.2) is 28.8 Å². The van der Waals surface area contributed by atoms with Crippen LogP contribution in [0.2, 0.25) is 0 Å². The van der Waals surface area contributed by atoms with Crippen molar-refractivity contribution in [2.45, 2.75) is 51.9 Å². The minimum Gasteiger partial charge on any atom is -0.443 e. The Morgan fingerprint density at radius 1 is 0.929 bits per heavy atom. The van der Waals surface area contributed by atoms with Crippen LogP contribution in [0.3, 0.4) is 0 Å². The van der Waals surface area contributed by atoms with Gasteiger partial charge in [-0.25, -0.2) is 14.6 Å². The fourth-order valence-corrected chi connectivity index (χ4v) is 2.69. The van der Waals surface area contributed by atoms with E-state index in [2.05, 4.69) is 0 Å². The van der Waals surface area contributed by atoms with Crippen LogP contribution in [0, 0.1) is 0 Å². The maximum atomic E-state index is 13.0. The van der Waals surface area contributed by atoms with Gasteiger partial charge < -0.3 is 9.47 Å². The van der Waals surface area contributed by atoms with Crippen LogP contribution in [0.4, 0.5) is 15.3 Å². The highest BCUT2D eigenvalue weighted by Gasteiger charge is 2.42. The molecule has 0 aliphatic heterocycles. The second-order valence-electron chi connectivity index (χ2n) is 7.74. The summed E-state index contributed by atoms with van der Waals surface area (Å²) in [5, 5.41) is 2.67. The predicted molar refractivity (Wildman–Crippen MR) is 107 cm³/mol. The number of carbonyl (C=O) groups excluding carboxylic acids is 2. The van der Waals surface area contributed by atoms with E-state index in [1.54, 1.807) is 32.9 Å². The molecule has 2 aromatic carbocycles. The van der Waals surface area contributed by atoms with Gasteiger partial charge in [0, 0.05) is 0 Å². The smallest absolute Gasteiger partial charge is 0.434 e. The molecule has 2 aromatic rings. The molecular weight excluding hydrogens is 356 g/mol. The van der Waals surface area contributed by atoms with Gasteiger partial charge in [0.2, 0.25) is 0 Å². The van der Waals surface area contributed by atoms with Gasteiger partial charge in [-0.3, -0.25) is 0 Å². The van der Waals surface area contributed by atoms with Crippen LogP contribution in [0.5, 0.6) is 0 Å². The van der Waals surface area contributed by atoms with Crippen LogP contribution in [0.1, 0.15) is 39.2 Å². The van der Waals surface area contributed by atoms with Gasteiger partial charge >= 0.3 is 12.2 Å². The van der Waals surface area contributed by atoms with Crippen molar-refractivity contribution in [3.63, 3.8) is 0 Å². The van der Waals surface area contributed by atoms with E-state index in [4.69, 9.17) is 9.47 Å². The molecule has 3 rings (SSSR count). The van der Waals surface area contributed by atoms with Crippen molar-refractivity contribution in [3.8, 4) is 0 Å². The number of hydrazine groups is 1. The molecule has 1 saturated carbocycles. The van der Waals surface area contributed by atoms with E-state index < -0.39 is 17.8 Å². The summed E-state index contributed by atoms with van der Waals surface area (Å²) >= 11 is 0. The van der Waals surface area contributed by atoms with Crippen molar-refractivity contribution in [3.05, 3.63) is 66.2 Å². The summed E-state index contributed by atoms with van der Waals surface area (Å²) < 4.78 is 11.1. The zero-order chi connectivity index (χ0) is 20.1. The standard InChI is InChI=1S/C22H26N2O4/c1-22(2,3)28-21(26)24(19-14-15-19)23(18-12-8-5-9-13-18)20(25)27-16-17-10-6-4-7-11-17/h4-13,19H,14-16H2,1-3H3. The Morgan fingerprint density at radius 3 is 2.04 bits per heavy atom. The van der Waals surface area contributed by atoms with E-state index in [0.29, 0.717) is 5.69 Å². The Labute approximate surface area is 165 Å². The lowest BCUT2D eigenvalue weighted by Gasteiger charge is -2.35. The molecule has 0 saturated heterocycles. The molecule has 0 atom stereocenters. The molecule has 28 heavy (non-hydrogen) atoms. The molecule has 0 radical (unpaired) electrons. The van der Waals surface area contributed by atoms with Crippen LogP contribution in [0.25, 0.3) is 0 Å². The van der Waals surface area contributed by atoms with Crippen LogP contribution < -0.4 is 5.01 Å². The lowest BCUT2D eigenvalue weighted by atomic mass is 10.2. The lowest BCUT2D eigenvalue weighted by Crippen LogP contribution is -2.53. The minimum absolute atomic E-state index is 0.0840. The molecule has 6 nitrogen and oxygen atoms in total. The fourth-order valence-electron chi connectivity index (χ4n) is 2.69. The van der Waals surface area contributed by atoms with E-state index in [1.165, 1.54) is 10.0 Å². The van der Waals surface area contributed by atoms with Gasteiger partial charge in [-0.1, -0.05) is 48.5 Å². The molecule has 0 heterocycles. The van der Waals surface area contributed by atoms with Gasteiger partial charge in [-0.15, -0.1) is 0 Å². The monoisotopic (exact) mass is 382 g/mol. The van der Waals surface area contributed by atoms with Gasteiger partial charge in [-0.05, 0) is 51.3 Å². The summed E-state index contributed by atoms with van der Waals surface area (Å²) in [6.07, 6.45) is 0.451. The third-order valence-corrected chi connectivity index (χ3v) is 4.07. The summed E-state index contributed by atoms with van der Waals surface area (Å²) in [5.74, 6) is 0. The Hall–Kier alpha value is -3.02.